The van der Waals surface area contributed by atoms with E-state index in [9.17, 15) is 18.0 Å². The average molecular weight is 592 g/mol. The van der Waals surface area contributed by atoms with Crippen molar-refractivity contribution in [2.45, 2.75) is 62.6 Å². The molecular formula is C32H37N3O6S. The Balaban J connectivity index is 1.47. The summed E-state index contributed by atoms with van der Waals surface area (Å²) in [6.45, 7) is 2.06. The number of nitrogens with zero attached hydrogens (tertiary/aromatic N) is 2. The molecule has 3 aromatic carbocycles. The topological polar surface area (TPSA) is 105 Å². The van der Waals surface area contributed by atoms with Gasteiger partial charge in [0.2, 0.25) is 11.8 Å². The zero-order chi connectivity index (χ0) is 29.5. The number of carbonyl (C=O) groups excluding carboxylic acids is 2. The number of nitrogens with one attached hydrogen (secondary N) is 1. The highest BCUT2D eigenvalue weighted by Gasteiger charge is 2.33. The van der Waals surface area contributed by atoms with E-state index < -0.39 is 28.5 Å². The molecule has 1 N–H and O–H groups in total. The van der Waals surface area contributed by atoms with E-state index in [1.807, 2.05) is 30.3 Å². The van der Waals surface area contributed by atoms with Crippen molar-refractivity contribution in [2.24, 2.45) is 0 Å². The minimum atomic E-state index is -4.16. The minimum absolute atomic E-state index is 0.0467. The van der Waals surface area contributed by atoms with Crippen LogP contribution in [-0.4, -0.2) is 57.0 Å². The van der Waals surface area contributed by atoms with Gasteiger partial charge in [0.05, 0.1) is 10.6 Å². The lowest BCUT2D eigenvalue weighted by Gasteiger charge is -2.33. The molecule has 2 aliphatic rings. The van der Waals surface area contributed by atoms with Gasteiger partial charge in [-0.2, -0.15) is 0 Å². The highest BCUT2D eigenvalue weighted by molar-refractivity contribution is 7.92. The van der Waals surface area contributed by atoms with Crippen molar-refractivity contribution in [3.63, 3.8) is 0 Å². The maximum atomic E-state index is 14.1. The van der Waals surface area contributed by atoms with Gasteiger partial charge in [0.25, 0.3) is 10.0 Å². The highest BCUT2D eigenvalue weighted by Crippen LogP contribution is 2.36. The third-order valence-electron chi connectivity index (χ3n) is 7.74. The molecule has 9 nitrogen and oxygen atoms in total. The molecule has 0 bridgehead atoms. The second kappa shape index (κ2) is 13.3. The largest absolute Gasteiger partial charge is 0.486 e. The molecule has 1 heterocycles. The number of carbonyl (C=O) groups is 2. The van der Waals surface area contributed by atoms with Gasteiger partial charge in [0.1, 0.15) is 25.8 Å². The second-order valence-electron chi connectivity index (χ2n) is 10.7. The monoisotopic (exact) mass is 591 g/mol. The van der Waals surface area contributed by atoms with Crippen LogP contribution in [0.15, 0.2) is 83.8 Å². The summed E-state index contributed by atoms with van der Waals surface area (Å²) in [5, 5.41) is 3.12. The van der Waals surface area contributed by atoms with E-state index in [4.69, 9.17) is 9.47 Å². The molecule has 1 atom stereocenters. The smallest absolute Gasteiger partial charge is 0.264 e. The highest BCUT2D eigenvalue weighted by atomic mass is 32.2. The molecule has 2 amide bonds. The summed E-state index contributed by atoms with van der Waals surface area (Å²) in [6.07, 6.45) is 5.12. The summed E-state index contributed by atoms with van der Waals surface area (Å²) >= 11 is 0. The third-order valence-corrected chi connectivity index (χ3v) is 9.53. The molecule has 0 spiro atoms. The van der Waals surface area contributed by atoms with Crippen LogP contribution in [0.4, 0.5) is 5.69 Å². The number of sulfonamides is 1. The van der Waals surface area contributed by atoms with Crippen LogP contribution in [0.3, 0.4) is 0 Å². The minimum Gasteiger partial charge on any atom is -0.486 e. The van der Waals surface area contributed by atoms with Crippen molar-refractivity contribution in [1.29, 1.82) is 0 Å². The SMILES string of the molecule is CC(C(=O)NC1CCCCC1)N(Cc1ccccc1)C(=O)CN(c1ccc2c(c1)OCCO2)S(=O)(=O)c1ccccc1. The first kappa shape index (κ1) is 29.4. The van der Waals surface area contributed by atoms with Gasteiger partial charge in [0, 0.05) is 18.7 Å². The second-order valence-corrected chi connectivity index (χ2v) is 12.5. The first-order chi connectivity index (χ1) is 20.3. The quantitative estimate of drug-likeness (QED) is 0.372. The lowest BCUT2D eigenvalue weighted by Crippen LogP contribution is -2.53. The van der Waals surface area contributed by atoms with Gasteiger partial charge in [-0.05, 0) is 49.6 Å². The van der Waals surface area contributed by atoms with E-state index in [0.717, 1.165) is 42.0 Å². The maximum absolute atomic E-state index is 14.1. The molecule has 1 saturated carbocycles. The van der Waals surface area contributed by atoms with Gasteiger partial charge in [-0.25, -0.2) is 8.42 Å². The lowest BCUT2D eigenvalue weighted by atomic mass is 9.95. The molecule has 1 aliphatic heterocycles. The molecular weight excluding hydrogens is 554 g/mol. The summed E-state index contributed by atoms with van der Waals surface area (Å²) in [6, 6.07) is 21.4. The van der Waals surface area contributed by atoms with Gasteiger partial charge < -0.3 is 19.7 Å². The maximum Gasteiger partial charge on any atom is 0.264 e. The van der Waals surface area contributed by atoms with Crippen molar-refractivity contribution in [1.82, 2.24) is 10.2 Å². The molecule has 10 heteroatoms. The summed E-state index contributed by atoms with van der Waals surface area (Å²) in [5.74, 6) is 0.162. The van der Waals surface area contributed by atoms with Crippen LogP contribution in [-0.2, 0) is 26.2 Å². The Kier molecular flexibility index (Phi) is 9.31. The third kappa shape index (κ3) is 6.87. The fourth-order valence-corrected chi connectivity index (χ4v) is 6.79. The van der Waals surface area contributed by atoms with Crippen molar-refractivity contribution >= 4 is 27.5 Å². The number of rotatable bonds is 10. The van der Waals surface area contributed by atoms with Crippen LogP contribution in [0, 0.1) is 0 Å². The zero-order valence-corrected chi connectivity index (χ0v) is 24.6. The Hall–Kier alpha value is -4.05. The molecule has 42 heavy (non-hydrogen) atoms. The predicted molar refractivity (Wildman–Crippen MR) is 160 cm³/mol. The van der Waals surface area contributed by atoms with Gasteiger partial charge in [0.15, 0.2) is 11.5 Å². The Morgan fingerprint density at radius 2 is 1.52 bits per heavy atom. The van der Waals surface area contributed by atoms with Crippen LogP contribution < -0.4 is 19.1 Å². The van der Waals surface area contributed by atoms with Crippen molar-refractivity contribution in [3.8, 4) is 11.5 Å². The molecule has 3 aromatic rings. The number of anilines is 1. The Morgan fingerprint density at radius 3 is 2.21 bits per heavy atom. The number of benzene rings is 3. The molecule has 1 fully saturated rings. The number of ether oxygens (including phenoxy) is 2. The molecule has 5 rings (SSSR count). The summed E-state index contributed by atoms with van der Waals surface area (Å²) in [5.41, 5.74) is 1.09. The molecule has 1 unspecified atom stereocenters. The molecule has 0 radical (unpaired) electrons. The first-order valence-corrected chi connectivity index (χ1v) is 15.9. The normalized spacial score (nSPS) is 15.8. The number of hydrogen-bond acceptors (Lipinski definition) is 6. The lowest BCUT2D eigenvalue weighted by molar-refractivity contribution is -0.139. The van der Waals surface area contributed by atoms with E-state index in [2.05, 4.69) is 5.32 Å². The standard InChI is InChI=1S/C32H37N3O6S/c1-24(32(37)33-26-13-7-3-8-14-26)34(22-25-11-5-2-6-12-25)31(36)23-35(42(38,39)28-15-9-4-10-16-28)27-17-18-29-30(21-27)41-20-19-40-29/h2,4-6,9-12,15-18,21,24,26H,3,7-8,13-14,19-20,22-23H2,1H3,(H,33,37). The first-order valence-electron chi connectivity index (χ1n) is 14.4. The van der Waals surface area contributed by atoms with E-state index in [-0.39, 0.29) is 29.1 Å². The van der Waals surface area contributed by atoms with Crippen molar-refractivity contribution in [2.75, 3.05) is 24.1 Å². The summed E-state index contributed by atoms with van der Waals surface area (Å²) < 4.78 is 40.4. The van der Waals surface area contributed by atoms with E-state index in [1.165, 1.54) is 17.0 Å². The number of hydrogen-bond donors (Lipinski definition) is 1. The Morgan fingerprint density at radius 1 is 0.881 bits per heavy atom. The van der Waals surface area contributed by atoms with Gasteiger partial charge in [-0.15, -0.1) is 0 Å². The van der Waals surface area contributed by atoms with E-state index in [1.54, 1.807) is 43.3 Å². The van der Waals surface area contributed by atoms with Crippen LogP contribution in [0.2, 0.25) is 0 Å². The van der Waals surface area contributed by atoms with Crippen LogP contribution in [0.25, 0.3) is 0 Å². The molecule has 222 valence electrons. The van der Waals surface area contributed by atoms with Crippen LogP contribution >= 0.6 is 0 Å². The Labute approximate surface area is 247 Å². The van der Waals surface area contributed by atoms with Crippen molar-refractivity contribution in [3.05, 3.63) is 84.4 Å². The average Bonchev–Trinajstić information content (AvgIpc) is 3.03. The summed E-state index contributed by atoms with van der Waals surface area (Å²) in [7, 11) is -4.16. The van der Waals surface area contributed by atoms with Crippen LogP contribution in [0.1, 0.15) is 44.6 Å². The zero-order valence-electron chi connectivity index (χ0n) is 23.8. The van der Waals surface area contributed by atoms with Gasteiger partial charge >= 0.3 is 0 Å². The van der Waals surface area contributed by atoms with Crippen LogP contribution in [0.5, 0.6) is 11.5 Å². The number of amides is 2. The summed E-state index contributed by atoms with van der Waals surface area (Å²) in [4.78, 5) is 29.0. The molecule has 0 saturated heterocycles. The predicted octanol–water partition coefficient (Wildman–Crippen LogP) is 4.52. The van der Waals surface area contributed by atoms with Crippen molar-refractivity contribution < 1.29 is 27.5 Å². The fourth-order valence-electron chi connectivity index (χ4n) is 5.37. The van der Waals surface area contributed by atoms with Gasteiger partial charge in [-0.1, -0.05) is 67.8 Å². The fraction of sp³-hybridized carbons (Fsp3) is 0.375. The van der Waals surface area contributed by atoms with Gasteiger partial charge in [-0.3, -0.25) is 13.9 Å². The molecule has 1 aliphatic carbocycles. The van der Waals surface area contributed by atoms with E-state index >= 15 is 0 Å². The Bertz CT molecular complexity index is 1480. The molecule has 0 aromatic heterocycles. The van der Waals surface area contributed by atoms with E-state index in [0.29, 0.717) is 24.7 Å². The number of fused-ring (bicyclic) bond motifs is 1.